The predicted octanol–water partition coefficient (Wildman–Crippen LogP) is -8.28. The van der Waals surface area contributed by atoms with Crippen molar-refractivity contribution in [3.05, 3.63) is 58.4 Å². The number of nitrogens with zero attached hydrogens (tertiary/aromatic N) is 3. The average Bonchev–Trinajstić information content (AvgIpc) is 2.77. The summed E-state index contributed by atoms with van der Waals surface area (Å²) in [5, 5.41) is -0.177. The Kier molecular flexibility index (Phi) is 8.11. The Balaban J connectivity index is 1.92. The van der Waals surface area contributed by atoms with E-state index in [1.165, 1.54) is 18.2 Å². The predicted molar refractivity (Wildman–Crippen MR) is 182 cm³/mol. The SMILES string of the molecule is BC(B)(B)c1cnc(C(B)(B)NCC2(F)CC(B)(B)N(C(=O)c3ccc(F)c(Cl)c3)C(B)(B)C2(B)B)nc1. The monoisotopic (exact) mass is 526 g/mol. The standard InChI is InChI=1S/C19H32B11ClF2N4O/c20-15(21)6-14(33,7-36-17(25,26)13-34-4-9(5-35-13)16(22,23)24)18(27,28)19(29,30)37(15)12(38)8-1-2-11(32)10(31)3-8/h1-5,36H,6-7,20-30H2. The summed E-state index contributed by atoms with van der Waals surface area (Å²) < 4.78 is 31.0. The van der Waals surface area contributed by atoms with Crippen molar-refractivity contribution in [3.63, 3.8) is 0 Å². The van der Waals surface area contributed by atoms with E-state index in [0.29, 0.717) is 5.82 Å². The molecule has 1 atom stereocenters. The summed E-state index contributed by atoms with van der Waals surface area (Å²) in [7, 11) is 21.5. The van der Waals surface area contributed by atoms with Crippen LogP contribution in [0.3, 0.4) is 0 Å². The maximum absolute atomic E-state index is 17.3. The third kappa shape index (κ3) is 5.46. The van der Waals surface area contributed by atoms with Crippen LogP contribution in [0.2, 0.25) is 10.2 Å². The molecule has 38 heavy (non-hydrogen) atoms. The van der Waals surface area contributed by atoms with Gasteiger partial charge in [-0.25, -0.2) is 18.7 Å². The molecular weight excluding hydrogens is 493 g/mol. The molecule has 1 aromatic carbocycles. The Morgan fingerprint density at radius 3 is 2.11 bits per heavy atom. The second kappa shape index (κ2) is 9.90. The molecule has 0 aliphatic carbocycles. The minimum atomic E-state index is -1.68. The van der Waals surface area contributed by atoms with Gasteiger partial charge in [0.25, 0.3) is 5.91 Å². The first-order valence-electron chi connectivity index (χ1n) is 13.1. The zero-order chi connectivity index (χ0) is 29.1. The molecule has 2 aromatic rings. The number of amides is 1. The van der Waals surface area contributed by atoms with E-state index < -0.39 is 32.7 Å². The number of hydrogen-bond donors (Lipinski definition) is 1. The van der Waals surface area contributed by atoms with E-state index in [1.54, 1.807) is 4.90 Å². The lowest BCUT2D eigenvalue weighted by molar-refractivity contribution is -0.00765. The average molecular weight is 525 g/mol. The van der Waals surface area contributed by atoms with Gasteiger partial charge in [-0.15, -0.1) is 0 Å². The molecule has 0 spiro atoms. The highest BCUT2D eigenvalue weighted by Gasteiger charge is 2.64. The fourth-order valence-electron chi connectivity index (χ4n) is 5.62. The second-order valence-electron chi connectivity index (χ2n) is 13.9. The van der Waals surface area contributed by atoms with Crippen LogP contribution in [0.5, 0.6) is 0 Å². The molecule has 0 saturated carbocycles. The number of likely N-dealkylation sites (tertiary alicyclic amines) is 1. The number of alkyl halides is 1. The van der Waals surface area contributed by atoms with Gasteiger partial charge in [0.05, 0.1) is 28.6 Å². The van der Waals surface area contributed by atoms with Crippen LogP contribution in [0.25, 0.3) is 0 Å². The summed E-state index contributed by atoms with van der Waals surface area (Å²) in [6, 6.07) is 3.95. The van der Waals surface area contributed by atoms with Gasteiger partial charge >= 0.3 is 0 Å². The van der Waals surface area contributed by atoms with Crippen LogP contribution >= 0.6 is 11.6 Å². The van der Waals surface area contributed by atoms with Crippen LogP contribution in [0.1, 0.15) is 28.2 Å². The van der Waals surface area contributed by atoms with Gasteiger partial charge in [0.1, 0.15) is 80.1 Å². The summed E-state index contributed by atoms with van der Waals surface area (Å²) in [5.74, 6) is -0.307. The summed E-state index contributed by atoms with van der Waals surface area (Å²) in [5.41, 5.74) is -0.377. The van der Waals surface area contributed by atoms with Gasteiger partial charge in [-0.05, 0) is 46.1 Å². The van der Waals surface area contributed by atoms with Gasteiger partial charge < -0.3 is 10.2 Å². The third-order valence-corrected chi connectivity index (χ3v) is 9.07. The summed E-state index contributed by atoms with van der Waals surface area (Å²) >= 11 is 5.98. The molecule has 1 N–H and O–H groups in total. The van der Waals surface area contributed by atoms with Crippen molar-refractivity contribution in [2.45, 2.75) is 38.4 Å². The lowest BCUT2D eigenvalue weighted by Gasteiger charge is -2.67. The molecule has 1 aliphatic heterocycles. The highest BCUT2D eigenvalue weighted by molar-refractivity contribution is 6.59. The maximum atomic E-state index is 17.3. The normalized spacial score (nSPS) is 22.6. The number of hydrogen-bond acceptors (Lipinski definition) is 4. The van der Waals surface area contributed by atoms with Crippen molar-refractivity contribution in [1.29, 1.82) is 0 Å². The van der Waals surface area contributed by atoms with Crippen molar-refractivity contribution < 1.29 is 13.6 Å². The highest BCUT2D eigenvalue weighted by Crippen LogP contribution is 2.55. The number of halogens is 3. The first-order valence-corrected chi connectivity index (χ1v) is 13.5. The number of piperidine rings is 1. The fraction of sp³-hybridized carbons (Fsp3) is 0.421. The Bertz CT molecular complexity index is 1230. The van der Waals surface area contributed by atoms with Crippen molar-refractivity contribution in [2.24, 2.45) is 0 Å². The molecule has 1 aliphatic rings. The lowest BCUT2D eigenvalue weighted by Crippen LogP contribution is -2.79. The molecule has 3 rings (SSSR count). The van der Waals surface area contributed by atoms with Crippen molar-refractivity contribution in [3.8, 4) is 0 Å². The summed E-state index contributed by atoms with van der Waals surface area (Å²) in [6.45, 7) is 0.0502. The van der Waals surface area contributed by atoms with Gasteiger partial charge in [0.15, 0.2) is 0 Å². The molecule has 1 amide bonds. The first kappa shape index (κ1) is 31.1. The van der Waals surface area contributed by atoms with Gasteiger partial charge in [-0.2, -0.15) is 0 Å². The van der Waals surface area contributed by atoms with Crippen LogP contribution in [-0.2, 0) is 10.5 Å². The van der Waals surface area contributed by atoms with Gasteiger partial charge in [-0.3, -0.25) is 4.79 Å². The molecule has 19 heteroatoms. The van der Waals surface area contributed by atoms with E-state index in [2.05, 4.69) is 38.8 Å². The second-order valence-corrected chi connectivity index (χ2v) is 14.3. The zero-order valence-electron chi connectivity index (χ0n) is 24.7. The van der Waals surface area contributed by atoms with Crippen LogP contribution in [0, 0.1) is 5.82 Å². The zero-order valence-corrected chi connectivity index (χ0v) is 25.4. The summed E-state index contributed by atoms with van der Waals surface area (Å²) in [4.78, 5) is 24.7. The van der Waals surface area contributed by atoms with Gasteiger partial charge in [0.2, 0.25) is 0 Å². The van der Waals surface area contributed by atoms with E-state index in [1.807, 2.05) is 75.2 Å². The molecule has 1 saturated heterocycles. The van der Waals surface area contributed by atoms with Crippen LogP contribution in [0.4, 0.5) is 8.78 Å². The Labute approximate surface area is 240 Å². The molecule has 0 radical (unpaired) electrons. The molecular formula is C19H32B11ClF2N4O. The first-order chi connectivity index (χ1) is 17.1. The Morgan fingerprint density at radius 1 is 1.05 bits per heavy atom. The highest BCUT2D eigenvalue weighted by atomic mass is 35.5. The molecule has 1 aromatic heterocycles. The van der Waals surface area contributed by atoms with Gasteiger partial charge in [-0.1, -0.05) is 16.7 Å². The van der Waals surface area contributed by atoms with E-state index >= 15 is 4.39 Å². The van der Waals surface area contributed by atoms with Crippen molar-refractivity contribution in [2.75, 3.05) is 6.54 Å². The Hall–Kier alpha value is -1.41. The van der Waals surface area contributed by atoms with Crippen molar-refractivity contribution >= 4 is 104 Å². The van der Waals surface area contributed by atoms with E-state index in [4.69, 9.17) is 11.6 Å². The van der Waals surface area contributed by atoms with E-state index in [-0.39, 0.29) is 34.6 Å². The number of carbonyl (C=O) groups is 1. The smallest absolute Gasteiger partial charge is 0.252 e. The van der Waals surface area contributed by atoms with E-state index in [0.717, 1.165) is 5.56 Å². The third-order valence-electron chi connectivity index (χ3n) is 8.78. The largest absolute Gasteiger partial charge is 0.360 e. The van der Waals surface area contributed by atoms with Crippen LogP contribution in [0.15, 0.2) is 30.6 Å². The summed E-state index contributed by atoms with van der Waals surface area (Å²) in [6.07, 6.45) is 3.77. The van der Waals surface area contributed by atoms with E-state index in [9.17, 15) is 9.18 Å². The lowest BCUT2D eigenvalue weighted by atomic mass is 9.24. The Morgan fingerprint density at radius 2 is 1.61 bits per heavy atom. The van der Waals surface area contributed by atoms with Gasteiger partial charge in [0, 0.05) is 29.8 Å². The molecule has 1 unspecified atom stereocenters. The number of benzene rings is 1. The maximum Gasteiger partial charge on any atom is 0.252 e. The minimum Gasteiger partial charge on any atom is -0.360 e. The number of carbonyl (C=O) groups excluding carboxylic acids is 1. The molecule has 1 fully saturated rings. The van der Waals surface area contributed by atoms with Crippen molar-refractivity contribution in [1.82, 2.24) is 20.2 Å². The number of aromatic nitrogens is 2. The fourth-order valence-corrected chi connectivity index (χ4v) is 5.80. The molecule has 0 bridgehead atoms. The molecule has 188 valence electrons. The number of nitrogens with one attached hydrogen (secondary N) is 1. The minimum absolute atomic E-state index is 0.0502. The van der Waals surface area contributed by atoms with Crippen LogP contribution < -0.4 is 5.32 Å². The topological polar surface area (TPSA) is 58.1 Å². The van der Waals surface area contributed by atoms with Crippen LogP contribution in [-0.4, -0.2) is 130 Å². The molecule has 2 heterocycles. The quantitative estimate of drug-likeness (QED) is 0.382. The number of rotatable bonds is 6. The molecule has 5 nitrogen and oxygen atoms in total.